The largest absolute Gasteiger partial charge is 0.483 e. The molecule has 0 saturated heterocycles. The fraction of sp³-hybridized carbons (Fsp3) is 0.471. The average Bonchev–Trinajstić information content (AvgIpc) is 2.93. The van der Waals surface area contributed by atoms with Crippen molar-refractivity contribution in [1.29, 1.82) is 0 Å². The Morgan fingerprint density at radius 1 is 1.33 bits per heavy atom. The molecule has 0 fully saturated rings. The molecule has 0 saturated carbocycles. The van der Waals surface area contributed by atoms with E-state index in [1.165, 1.54) is 5.56 Å². The molecular formula is C17H22ClNOS. The first-order valence-electron chi connectivity index (χ1n) is 7.21. The van der Waals surface area contributed by atoms with Crippen molar-refractivity contribution in [2.45, 2.75) is 51.5 Å². The summed E-state index contributed by atoms with van der Waals surface area (Å²) in [4.78, 5) is 4.53. The summed E-state index contributed by atoms with van der Waals surface area (Å²) < 4.78 is 6.15. The Bertz CT molecular complexity index is 588. The number of alkyl halides is 1. The maximum absolute atomic E-state index is 6.15. The normalized spacial score (nSPS) is 13.2. The number of ether oxygens (including phenoxy) is 1. The first-order valence-corrected chi connectivity index (χ1v) is 8.63. The summed E-state index contributed by atoms with van der Waals surface area (Å²) in [6.45, 7) is 8.73. The van der Waals surface area contributed by atoms with Gasteiger partial charge in [-0.3, -0.25) is 0 Å². The van der Waals surface area contributed by atoms with Crippen LogP contribution in [0.4, 0.5) is 0 Å². The minimum absolute atomic E-state index is 0.0119. The Morgan fingerprint density at radius 3 is 2.67 bits per heavy atom. The second-order valence-electron chi connectivity index (χ2n) is 6.10. The number of thiazole rings is 1. The summed E-state index contributed by atoms with van der Waals surface area (Å²) in [5.41, 5.74) is 2.31. The summed E-state index contributed by atoms with van der Waals surface area (Å²) in [5.74, 6) is 1.35. The SMILES string of the molecule is CCC(Oc1cccc(C(C)(C)C)c1)c1nc(CCl)cs1. The molecule has 2 rings (SSSR count). The van der Waals surface area contributed by atoms with Crippen molar-refractivity contribution < 1.29 is 4.74 Å². The molecule has 0 radical (unpaired) electrons. The lowest BCUT2D eigenvalue weighted by Crippen LogP contribution is -2.12. The van der Waals surface area contributed by atoms with Gasteiger partial charge >= 0.3 is 0 Å². The molecule has 1 heterocycles. The van der Waals surface area contributed by atoms with E-state index >= 15 is 0 Å². The standard InChI is InChI=1S/C17H22ClNOS/c1-5-15(16-19-13(10-18)11-21-16)20-14-8-6-7-12(9-14)17(2,3)4/h6-9,11,15H,5,10H2,1-4H3. The molecule has 21 heavy (non-hydrogen) atoms. The minimum atomic E-state index is -0.0119. The first-order chi connectivity index (χ1) is 9.94. The molecule has 1 atom stereocenters. The van der Waals surface area contributed by atoms with Gasteiger partial charge in [-0.05, 0) is 29.5 Å². The van der Waals surface area contributed by atoms with Gasteiger partial charge in [0.2, 0.25) is 0 Å². The zero-order valence-electron chi connectivity index (χ0n) is 13.0. The molecule has 0 aliphatic rings. The fourth-order valence-corrected chi connectivity index (χ4v) is 3.20. The lowest BCUT2D eigenvalue weighted by Gasteiger charge is -2.21. The van der Waals surface area contributed by atoms with E-state index in [0.717, 1.165) is 22.9 Å². The molecule has 0 aliphatic heterocycles. The van der Waals surface area contributed by atoms with Gasteiger partial charge in [-0.2, -0.15) is 0 Å². The number of rotatable bonds is 5. The summed E-state index contributed by atoms with van der Waals surface area (Å²) >= 11 is 7.44. The fourth-order valence-electron chi connectivity index (χ4n) is 2.04. The van der Waals surface area contributed by atoms with E-state index in [1.54, 1.807) is 11.3 Å². The summed E-state index contributed by atoms with van der Waals surface area (Å²) in [7, 11) is 0. The highest BCUT2D eigenvalue weighted by Crippen LogP contribution is 2.30. The summed E-state index contributed by atoms with van der Waals surface area (Å²) in [5, 5.41) is 2.99. The zero-order chi connectivity index (χ0) is 15.5. The molecule has 0 aliphatic carbocycles. The summed E-state index contributed by atoms with van der Waals surface area (Å²) in [6.07, 6.45) is 0.872. The number of aromatic nitrogens is 1. The molecule has 4 heteroatoms. The monoisotopic (exact) mass is 323 g/mol. The number of hydrogen-bond donors (Lipinski definition) is 0. The van der Waals surface area contributed by atoms with Crippen LogP contribution in [0.1, 0.15) is 56.5 Å². The van der Waals surface area contributed by atoms with Crippen LogP contribution in [0.5, 0.6) is 5.75 Å². The van der Waals surface area contributed by atoms with Gasteiger partial charge in [0.1, 0.15) is 16.9 Å². The van der Waals surface area contributed by atoms with Gasteiger partial charge in [0, 0.05) is 5.38 Å². The average molecular weight is 324 g/mol. The Labute approximate surface area is 136 Å². The molecule has 1 aromatic carbocycles. The van der Waals surface area contributed by atoms with Crippen LogP contribution >= 0.6 is 22.9 Å². The molecule has 0 spiro atoms. The highest BCUT2D eigenvalue weighted by atomic mass is 35.5. The second-order valence-corrected chi connectivity index (χ2v) is 7.26. The van der Waals surface area contributed by atoms with Crippen LogP contribution in [0.3, 0.4) is 0 Å². The number of halogens is 1. The molecule has 1 unspecified atom stereocenters. The highest BCUT2D eigenvalue weighted by molar-refractivity contribution is 7.09. The third-order valence-electron chi connectivity index (χ3n) is 3.33. The van der Waals surface area contributed by atoms with Crippen LogP contribution in [-0.4, -0.2) is 4.98 Å². The van der Waals surface area contributed by atoms with Crippen LogP contribution in [-0.2, 0) is 11.3 Å². The Kier molecular flexibility index (Phi) is 5.28. The van der Waals surface area contributed by atoms with Gasteiger partial charge in [-0.1, -0.05) is 39.8 Å². The third kappa shape index (κ3) is 4.21. The van der Waals surface area contributed by atoms with E-state index < -0.39 is 0 Å². The van der Waals surface area contributed by atoms with Crippen molar-refractivity contribution in [3.63, 3.8) is 0 Å². The van der Waals surface area contributed by atoms with E-state index in [9.17, 15) is 0 Å². The van der Waals surface area contributed by atoms with Crippen LogP contribution in [0.2, 0.25) is 0 Å². The van der Waals surface area contributed by atoms with Gasteiger partial charge in [0.15, 0.2) is 0 Å². The van der Waals surface area contributed by atoms with E-state index in [1.807, 2.05) is 11.4 Å². The molecule has 1 aromatic heterocycles. The van der Waals surface area contributed by atoms with Crippen molar-refractivity contribution >= 4 is 22.9 Å². The predicted molar refractivity (Wildman–Crippen MR) is 90.5 cm³/mol. The molecule has 0 bridgehead atoms. The zero-order valence-corrected chi connectivity index (χ0v) is 14.6. The van der Waals surface area contributed by atoms with Crippen molar-refractivity contribution in [1.82, 2.24) is 4.98 Å². The van der Waals surface area contributed by atoms with Crippen LogP contribution in [0.25, 0.3) is 0 Å². The van der Waals surface area contributed by atoms with E-state index in [0.29, 0.717) is 5.88 Å². The highest BCUT2D eigenvalue weighted by Gasteiger charge is 2.18. The Hall–Kier alpha value is -1.06. The molecule has 114 valence electrons. The minimum Gasteiger partial charge on any atom is -0.483 e. The van der Waals surface area contributed by atoms with E-state index in [2.05, 4.69) is 50.9 Å². The van der Waals surface area contributed by atoms with Crippen molar-refractivity contribution in [3.05, 3.63) is 45.9 Å². The summed E-state index contributed by atoms with van der Waals surface area (Å²) in [6, 6.07) is 8.32. The van der Waals surface area contributed by atoms with Gasteiger partial charge < -0.3 is 4.74 Å². The van der Waals surface area contributed by atoms with Crippen molar-refractivity contribution in [2.24, 2.45) is 0 Å². The van der Waals surface area contributed by atoms with E-state index in [-0.39, 0.29) is 11.5 Å². The second kappa shape index (κ2) is 6.80. The topological polar surface area (TPSA) is 22.1 Å². The Morgan fingerprint density at radius 2 is 2.10 bits per heavy atom. The quantitative estimate of drug-likeness (QED) is 0.657. The maximum Gasteiger partial charge on any atom is 0.150 e. The smallest absolute Gasteiger partial charge is 0.150 e. The van der Waals surface area contributed by atoms with Gasteiger partial charge in [-0.25, -0.2) is 4.98 Å². The van der Waals surface area contributed by atoms with Crippen molar-refractivity contribution in [2.75, 3.05) is 0 Å². The maximum atomic E-state index is 6.15. The van der Waals surface area contributed by atoms with Gasteiger partial charge in [0.05, 0.1) is 11.6 Å². The Balaban J connectivity index is 2.18. The number of hydrogen-bond acceptors (Lipinski definition) is 3. The lowest BCUT2D eigenvalue weighted by atomic mass is 9.87. The van der Waals surface area contributed by atoms with Crippen LogP contribution in [0, 0.1) is 0 Å². The molecule has 2 nitrogen and oxygen atoms in total. The van der Waals surface area contributed by atoms with Crippen LogP contribution in [0.15, 0.2) is 29.6 Å². The third-order valence-corrected chi connectivity index (χ3v) is 4.59. The lowest BCUT2D eigenvalue weighted by molar-refractivity contribution is 0.200. The van der Waals surface area contributed by atoms with Crippen molar-refractivity contribution in [3.8, 4) is 5.75 Å². The van der Waals surface area contributed by atoms with Gasteiger partial charge in [-0.15, -0.1) is 22.9 Å². The number of benzene rings is 1. The van der Waals surface area contributed by atoms with Gasteiger partial charge in [0.25, 0.3) is 0 Å². The first kappa shape index (κ1) is 16.3. The molecule has 2 aromatic rings. The molecular weight excluding hydrogens is 302 g/mol. The van der Waals surface area contributed by atoms with E-state index in [4.69, 9.17) is 16.3 Å². The molecule has 0 N–H and O–H groups in total. The predicted octanol–water partition coefficient (Wildman–Crippen LogP) is 5.71. The number of nitrogens with zero attached hydrogens (tertiary/aromatic N) is 1. The molecule has 0 amide bonds. The van der Waals surface area contributed by atoms with Crippen LogP contribution < -0.4 is 4.74 Å².